The lowest BCUT2D eigenvalue weighted by Crippen LogP contribution is -2.49. The van der Waals surface area contributed by atoms with E-state index >= 15 is 0 Å². The Balaban J connectivity index is 2.65. The lowest BCUT2D eigenvalue weighted by Gasteiger charge is -2.32. The largest absolute Gasteiger partial charge is 0.368 e. The maximum atomic E-state index is 11.4. The van der Waals surface area contributed by atoms with Gasteiger partial charge in [-0.2, -0.15) is 0 Å². The van der Waals surface area contributed by atoms with Gasteiger partial charge >= 0.3 is 0 Å². The first-order chi connectivity index (χ1) is 6.16. The van der Waals surface area contributed by atoms with E-state index in [0.717, 1.165) is 12.8 Å². The van der Waals surface area contributed by atoms with Crippen LogP contribution < -0.4 is 5.73 Å². The summed E-state index contributed by atoms with van der Waals surface area (Å²) < 4.78 is 0. The summed E-state index contributed by atoms with van der Waals surface area (Å²) in [6, 6.07) is -0.396. The molecule has 0 aromatic rings. The molecule has 0 bridgehead atoms. The lowest BCUT2D eigenvalue weighted by molar-refractivity contribution is -0.141. The molecule has 1 aliphatic heterocycles. The molecule has 1 fully saturated rings. The van der Waals surface area contributed by atoms with Crippen molar-refractivity contribution in [2.24, 2.45) is 5.73 Å². The Morgan fingerprint density at radius 1 is 1.62 bits per heavy atom. The van der Waals surface area contributed by atoms with Gasteiger partial charge in [0.25, 0.3) is 0 Å². The predicted molar refractivity (Wildman–Crippen MR) is 48.8 cm³/mol. The number of nitrogens with two attached hydrogens (primary N) is 1. The third-order valence-electron chi connectivity index (χ3n) is 2.45. The summed E-state index contributed by atoms with van der Waals surface area (Å²) in [5.41, 5.74) is 5.21. The van der Waals surface area contributed by atoms with E-state index in [0.29, 0.717) is 19.4 Å². The number of carbonyl (C=O) groups excluding carboxylic acids is 2. The fourth-order valence-electron chi connectivity index (χ4n) is 1.73. The second-order valence-corrected chi connectivity index (χ2v) is 3.37. The quantitative estimate of drug-likeness (QED) is 0.684. The van der Waals surface area contributed by atoms with E-state index in [1.165, 1.54) is 0 Å². The average Bonchev–Trinajstić information content (AvgIpc) is 2.09. The minimum absolute atomic E-state index is 0.0666. The molecule has 0 radical (unpaired) electrons. The molecule has 4 heteroatoms. The Morgan fingerprint density at radius 3 is 2.77 bits per heavy atom. The number of carbonyl (C=O) groups is 2. The van der Waals surface area contributed by atoms with Crippen LogP contribution in [0.5, 0.6) is 0 Å². The minimum atomic E-state index is -0.396. The molecule has 74 valence electrons. The Labute approximate surface area is 78.1 Å². The first kappa shape index (κ1) is 10.0. The minimum Gasteiger partial charge on any atom is -0.368 e. The number of likely N-dealkylation sites (tertiary alicyclic amines) is 1. The molecule has 1 atom stereocenters. The zero-order valence-corrected chi connectivity index (χ0v) is 7.95. The summed E-state index contributed by atoms with van der Waals surface area (Å²) in [6.45, 7) is 2.55. The van der Waals surface area contributed by atoms with Crippen molar-refractivity contribution >= 4 is 11.8 Å². The number of rotatable bonds is 3. The Hall–Kier alpha value is -1.06. The van der Waals surface area contributed by atoms with Gasteiger partial charge in [-0.15, -0.1) is 0 Å². The van der Waals surface area contributed by atoms with Gasteiger partial charge in [0.2, 0.25) is 11.8 Å². The van der Waals surface area contributed by atoms with Gasteiger partial charge in [0.1, 0.15) is 6.04 Å². The van der Waals surface area contributed by atoms with Crippen LogP contribution in [0.25, 0.3) is 0 Å². The van der Waals surface area contributed by atoms with Gasteiger partial charge in [-0.1, -0.05) is 6.92 Å². The molecule has 1 rings (SSSR count). The summed E-state index contributed by atoms with van der Waals surface area (Å²) in [6.07, 6.45) is 3.09. The number of primary amides is 1. The Bertz CT molecular complexity index is 216. The van der Waals surface area contributed by atoms with E-state index in [1.807, 2.05) is 6.92 Å². The standard InChI is InChI=1S/C9H16N2O2/c1-2-7(9(10)13)11-6-4-3-5-8(11)12/h7H,2-6H2,1H3,(H2,10,13)/t7-/m0/s1. The van der Waals surface area contributed by atoms with Crippen LogP contribution in [-0.2, 0) is 9.59 Å². The van der Waals surface area contributed by atoms with Gasteiger partial charge in [0.15, 0.2) is 0 Å². The summed E-state index contributed by atoms with van der Waals surface area (Å²) in [7, 11) is 0. The molecule has 0 aromatic carbocycles. The van der Waals surface area contributed by atoms with Crippen molar-refractivity contribution in [3.63, 3.8) is 0 Å². The number of amides is 2. The predicted octanol–water partition coefficient (Wildman–Crippen LogP) is 0.263. The molecular formula is C9H16N2O2. The Morgan fingerprint density at radius 2 is 2.31 bits per heavy atom. The molecule has 0 unspecified atom stereocenters. The molecular weight excluding hydrogens is 168 g/mol. The van der Waals surface area contributed by atoms with Crippen molar-refractivity contribution < 1.29 is 9.59 Å². The molecule has 0 saturated carbocycles. The van der Waals surface area contributed by atoms with Crippen molar-refractivity contribution in [3.05, 3.63) is 0 Å². The molecule has 1 saturated heterocycles. The van der Waals surface area contributed by atoms with Gasteiger partial charge in [0, 0.05) is 13.0 Å². The van der Waals surface area contributed by atoms with E-state index in [4.69, 9.17) is 5.73 Å². The van der Waals surface area contributed by atoms with Gasteiger partial charge in [-0.05, 0) is 19.3 Å². The van der Waals surface area contributed by atoms with E-state index in [1.54, 1.807) is 4.90 Å². The third kappa shape index (κ3) is 2.20. The van der Waals surface area contributed by atoms with Crippen LogP contribution in [0.3, 0.4) is 0 Å². The van der Waals surface area contributed by atoms with E-state index in [9.17, 15) is 9.59 Å². The van der Waals surface area contributed by atoms with E-state index in [2.05, 4.69) is 0 Å². The van der Waals surface area contributed by atoms with Gasteiger partial charge in [-0.25, -0.2) is 0 Å². The van der Waals surface area contributed by atoms with Crippen LogP contribution >= 0.6 is 0 Å². The van der Waals surface area contributed by atoms with Crippen LogP contribution in [0.1, 0.15) is 32.6 Å². The number of hydrogen-bond donors (Lipinski definition) is 1. The van der Waals surface area contributed by atoms with Crippen molar-refractivity contribution in [3.8, 4) is 0 Å². The molecule has 0 spiro atoms. The maximum Gasteiger partial charge on any atom is 0.240 e. The number of nitrogens with zero attached hydrogens (tertiary/aromatic N) is 1. The molecule has 0 aliphatic carbocycles. The smallest absolute Gasteiger partial charge is 0.240 e. The summed E-state index contributed by atoms with van der Waals surface area (Å²) in [5, 5.41) is 0. The lowest BCUT2D eigenvalue weighted by atomic mass is 10.1. The molecule has 13 heavy (non-hydrogen) atoms. The molecule has 0 aromatic heterocycles. The highest BCUT2D eigenvalue weighted by Gasteiger charge is 2.28. The second kappa shape index (κ2) is 4.25. The fourth-order valence-corrected chi connectivity index (χ4v) is 1.73. The zero-order valence-electron chi connectivity index (χ0n) is 7.95. The topological polar surface area (TPSA) is 63.4 Å². The Kier molecular flexibility index (Phi) is 3.28. The highest BCUT2D eigenvalue weighted by Crippen LogP contribution is 2.15. The zero-order chi connectivity index (χ0) is 9.84. The summed E-state index contributed by atoms with van der Waals surface area (Å²) in [4.78, 5) is 24.0. The average molecular weight is 184 g/mol. The van der Waals surface area contributed by atoms with Gasteiger partial charge < -0.3 is 10.6 Å². The van der Waals surface area contributed by atoms with Gasteiger partial charge in [0.05, 0.1) is 0 Å². The summed E-state index contributed by atoms with van der Waals surface area (Å²) in [5.74, 6) is -0.324. The first-order valence-electron chi connectivity index (χ1n) is 4.75. The third-order valence-corrected chi connectivity index (χ3v) is 2.45. The maximum absolute atomic E-state index is 11.4. The van der Waals surface area contributed by atoms with Crippen molar-refractivity contribution in [1.82, 2.24) is 4.90 Å². The molecule has 4 nitrogen and oxygen atoms in total. The van der Waals surface area contributed by atoms with Crippen LogP contribution in [0.15, 0.2) is 0 Å². The van der Waals surface area contributed by atoms with E-state index < -0.39 is 11.9 Å². The highest BCUT2D eigenvalue weighted by atomic mass is 16.2. The normalized spacial score (nSPS) is 20.1. The number of hydrogen-bond acceptors (Lipinski definition) is 2. The van der Waals surface area contributed by atoms with Crippen LogP contribution in [0.4, 0.5) is 0 Å². The fraction of sp³-hybridized carbons (Fsp3) is 0.778. The van der Waals surface area contributed by atoms with Crippen molar-refractivity contribution in [1.29, 1.82) is 0 Å². The second-order valence-electron chi connectivity index (χ2n) is 3.37. The SMILES string of the molecule is CC[C@@H](C(N)=O)N1CCCCC1=O. The van der Waals surface area contributed by atoms with E-state index in [-0.39, 0.29) is 5.91 Å². The van der Waals surface area contributed by atoms with Crippen LogP contribution in [0, 0.1) is 0 Å². The molecule has 2 amide bonds. The summed E-state index contributed by atoms with van der Waals surface area (Å²) >= 11 is 0. The van der Waals surface area contributed by atoms with Gasteiger partial charge in [-0.3, -0.25) is 9.59 Å². The molecule has 1 heterocycles. The van der Waals surface area contributed by atoms with Crippen LogP contribution in [0.2, 0.25) is 0 Å². The monoisotopic (exact) mass is 184 g/mol. The highest BCUT2D eigenvalue weighted by molar-refractivity contribution is 5.86. The number of piperidine rings is 1. The molecule has 1 aliphatic rings. The van der Waals surface area contributed by atoms with Crippen molar-refractivity contribution in [2.45, 2.75) is 38.6 Å². The van der Waals surface area contributed by atoms with Crippen LogP contribution in [-0.4, -0.2) is 29.3 Å². The molecule has 2 N–H and O–H groups in total. The van der Waals surface area contributed by atoms with Crippen molar-refractivity contribution in [2.75, 3.05) is 6.54 Å². The first-order valence-corrected chi connectivity index (χ1v) is 4.75.